The first-order valence-corrected chi connectivity index (χ1v) is 7.56. The average Bonchev–Trinajstić information content (AvgIpc) is 2.81. The zero-order valence-corrected chi connectivity index (χ0v) is 12.0. The van der Waals surface area contributed by atoms with E-state index in [0.717, 1.165) is 12.6 Å². The number of halogens is 1. The molecule has 1 heterocycles. The normalized spacial score (nSPS) is 26.1. The van der Waals surface area contributed by atoms with Crippen LogP contribution in [0.5, 0.6) is 0 Å². The molecule has 0 saturated heterocycles. The third-order valence-corrected chi connectivity index (χ3v) is 5.05. The van der Waals surface area contributed by atoms with Gasteiger partial charge in [-0.3, -0.25) is 4.90 Å². The number of nitrogens with zero attached hydrogens (tertiary/aromatic N) is 1. The van der Waals surface area contributed by atoms with Crippen molar-refractivity contribution in [2.24, 2.45) is 0 Å². The summed E-state index contributed by atoms with van der Waals surface area (Å²) in [7, 11) is 0. The van der Waals surface area contributed by atoms with Crippen LogP contribution in [0.15, 0.2) is 22.7 Å². The Bertz CT molecular complexity index is 409. The lowest BCUT2D eigenvalue weighted by atomic mass is 9.90. The van der Waals surface area contributed by atoms with Crippen molar-refractivity contribution < 1.29 is 0 Å². The van der Waals surface area contributed by atoms with Crippen LogP contribution in [-0.4, -0.2) is 17.5 Å². The van der Waals surface area contributed by atoms with Crippen LogP contribution in [-0.2, 0) is 6.54 Å². The number of fused-ring (bicyclic) bond motifs is 1. The van der Waals surface area contributed by atoms with E-state index in [-0.39, 0.29) is 0 Å². The molecule has 1 aliphatic heterocycles. The van der Waals surface area contributed by atoms with Crippen molar-refractivity contribution in [1.29, 1.82) is 0 Å². The maximum absolute atomic E-state index is 3.71. The van der Waals surface area contributed by atoms with E-state index < -0.39 is 0 Å². The fourth-order valence-electron chi connectivity index (χ4n) is 3.55. The summed E-state index contributed by atoms with van der Waals surface area (Å²) in [5.41, 5.74) is 3.08. The van der Waals surface area contributed by atoms with Crippen LogP contribution in [0.3, 0.4) is 0 Å². The number of hydrogen-bond acceptors (Lipinski definition) is 1. The molecule has 17 heavy (non-hydrogen) atoms. The summed E-state index contributed by atoms with van der Waals surface area (Å²) in [5.74, 6) is 0.662. The lowest BCUT2D eigenvalue weighted by Crippen LogP contribution is -2.39. The predicted molar refractivity (Wildman–Crippen MR) is 75.2 cm³/mol. The molecule has 0 spiro atoms. The molecule has 0 aromatic heterocycles. The molecule has 1 aliphatic carbocycles. The lowest BCUT2D eigenvalue weighted by Gasteiger charge is -2.37. The Morgan fingerprint density at radius 1 is 1.24 bits per heavy atom. The summed E-state index contributed by atoms with van der Waals surface area (Å²) in [6, 6.07) is 7.51. The maximum atomic E-state index is 3.71. The molecular weight excluding hydrogens is 274 g/mol. The second-order valence-corrected chi connectivity index (χ2v) is 6.44. The smallest absolute Gasteiger partial charge is 0.0240 e. The molecule has 1 saturated carbocycles. The highest BCUT2D eigenvalue weighted by Crippen LogP contribution is 2.36. The first-order chi connectivity index (χ1) is 8.25. The summed E-state index contributed by atoms with van der Waals surface area (Å²) >= 11 is 3.71. The monoisotopic (exact) mass is 293 g/mol. The largest absolute Gasteiger partial charge is 0.296 e. The second kappa shape index (κ2) is 4.74. The van der Waals surface area contributed by atoms with Gasteiger partial charge in [-0.15, -0.1) is 0 Å². The molecule has 1 atom stereocenters. The van der Waals surface area contributed by atoms with E-state index in [9.17, 15) is 0 Å². The highest BCUT2D eigenvalue weighted by Gasteiger charge is 2.29. The quantitative estimate of drug-likeness (QED) is 0.746. The van der Waals surface area contributed by atoms with Gasteiger partial charge in [-0.05, 0) is 36.0 Å². The summed E-state index contributed by atoms with van der Waals surface area (Å²) < 4.78 is 1.30. The molecule has 2 heteroatoms. The van der Waals surface area contributed by atoms with Gasteiger partial charge >= 0.3 is 0 Å². The summed E-state index contributed by atoms with van der Waals surface area (Å²) in [6.45, 7) is 4.76. The molecule has 1 unspecified atom stereocenters. The topological polar surface area (TPSA) is 3.24 Å². The van der Waals surface area contributed by atoms with Gasteiger partial charge < -0.3 is 0 Å². The van der Waals surface area contributed by atoms with Gasteiger partial charge in [-0.2, -0.15) is 0 Å². The fraction of sp³-hybridized carbons (Fsp3) is 0.600. The van der Waals surface area contributed by atoms with Crippen molar-refractivity contribution in [2.75, 3.05) is 6.54 Å². The summed E-state index contributed by atoms with van der Waals surface area (Å²) in [4.78, 5) is 2.71. The Kier molecular flexibility index (Phi) is 3.27. The van der Waals surface area contributed by atoms with Crippen molar-refractivity contribution in [3.63, 3.8) is 0 Å². The van der Waals surface area contributed by atoms with Gasteiger partial charge in [0.2, 0.25) is 0 Å². The van der Waals surface area contributed by atoms with Crippen molar-refractivity contribution in [3.8, 4) is 0 Å². The Morgan fingerprint density at radius 2 is 2.00 bits per heavy atom. The fourth-order valence-corrected chi connectivity index (χ4v) is 4.34. The summed E-state index contributed by atoms with van der Waals surface area (Å²) in [5, 5.41) is 0. The Morgan fingerprint density at radius 3 is 2.76 bits per heavy atom. The molecule has 0 N–H and O–H groups in total. The van der Waals surface area contributed by atoms with Gasteiger partial charge in [0.05, 0.1) is 0 Å². The van der Waals surface area contributed by atoms with Gasteiger partial charge in [0.1, 0.15) is 0 Å². The third-order valence-electron chi connectivity index (χ3n) is 4.36. The molecule has 0 radical (unpaired) electrons. The zero-order valence-electron chi connectivity index (χ0n) is 10.5. The van der Waals surface area contributed by atoms with E-state index in [1.807, 2.05) is 0 Å². The SMILES string of the molecule is CC1CN(C2CCCC2)Cc2cccc(Br)c21. The van der Waals surface area contributed by atoms with E-state index in [0.29, 0.717) is 5.92 Å². The molecule has 1 aromatic carbocycles. The standard InChI is InChI=1S/C15H20BrN/c1-11-9-17(13-6-2-3-7-13)10-12-5-4-8-14(16)15(11)12/h4-5,8,11,13H,2-3,6-7,9-10H2,1H3. The molecular formula is C15H20BrN. The van der Waals surface area contributed by atoms with Crippen molar-refractivity contribution in [2.45, 2.75) is 51.1 Å². The van der Waals surface area contributed by atoms with Gasteiger partial charge in [-0.25, -0.2) is 0 Å². The van der Waals surface area contributed by atoms with Gasteiger partial charge in [-0.1, -0.05) is 47.8 Å². The zero-order chi connectivity index (χ0) is 11.8. The third kappa shape index (κ3) is 2.17. The second-order valence-electron chi connectivity index (χ2n) is 5.58. The molecule has 3 rings (SSSR count). The van der Waals surface area contributed by atoms with Crippen molar-refractivity contribution >= 4 is 15.9 Å². The van der Waals surface area contributed by atoms with Crippen LogP contribution in [0.1, 0.15) is 49.7 Å². The number of benzene rings is 1. The Balaban J connectivity index is 1.87. The van der Waals surface area contributed by atoms with Crippen LogP contribution in [0.4, 0.5) is 0 Å². The highest BCUT2D eigenvalue weighted by atomic mass is 79.9. The average molecular weight is 294 g/mol. The number of rotatable bonds is 1. The van der Waals surface area contributed by atoms with E-state index in [2.05, 4.69) is 46.0 Å². The van der Waals surface area contributed by atoms with E-state index in [4.69, 9.17) is 0 Å². The first kappa shape index (κ1) is 11.7. The minimum atomic E-state index is 0.662. The van der Waals surface area contributed by atoms with E-state index in [1.165, 1.54) is 42.3 Å². The van der Waals surface area contributed by atoms with Crippen LogP contribution in [0.2, 0.25) is 0 Å². The van der Waals surface area contributed by atoms with E-state index in [1.54, 1.807) is 5.56 Å². The van der Waals surface area contributed by atoms with Crippen LogP contribution in [0, 0.1) is 0 Å². The Hall–Kier alpha value is -0.340. The minimum absolute atomic E-state index is 0.662. The molecule has 1 fully saturated rings. The Labute approximate surface area is 112 Å². The molecule has 0 amide bonds. The summed E-state index contributed by atoms with van der Waals surface area (Å²) in [6.07, 6.45) is 5.69. The number of hydrogen-bond donors (Lipinski definition) is 0. The van der Waals surface area contributed by atoms with Crippen molar-refractivity contribution in [3.05, 3.63) is 33.8 Å². The van der Waals surface area contributed by atoms with Gasteiger partial charge in [0.25, 0.3) is 0 Å². The van der Waals surface area contributed by atoms with E-state index >= 15 is 0 Å². The minimum Gasteiger partial charge on any atom is -0.296 e. The molecule has 92 valence electrons. The maximum Gasteiger partial charge on any atom is 0.0240 e. The van der Waals surface area contributed by atoms with Crippen LogP contribution in [0.25, 0.3) is 0 Å². The predicted octanol–water partition coefficient (Wildman–Crippen LogP) is 4.31. The van der Waals surface area contributed by atoms with Crippen molar-refractivity contribution in [1.82, 2.24) is 4.90 Å². The van der Waals surface area contributed by atoms with Gasteiger partial charge in [0.15, 0.2) is 0 Å². The highest BCUT2D eigenvalue weighted by molar-refractivity contribution is 9.10. The molecule has 2 aliphatic rings. The van der Waals surface area contributed by atoms with Crippen LogP contribution < -0.4 is 0 Å². The first-order valence-electron chi connectivity index (χ1n) is 6.77. The molecule has 1 aromatic rings. The lowest BCUT2D eigenvalue weighted by molar-refractivity contribution is 0.167. The molecule has 0 bridgehead atoms. The van der Waals surface area contributed by atoms with Crippen LogP contribution >= 0.6 is 15.9 Å². The molecule has 1 nitrogen and oxygen atoms in total. The van der Waals surface area contributed by atoms with Gasteiger partial charge in [0, 0.05) is 23.6 Å².